The standard InChI is InChI=1S/C20H32N2O/c1-13(2)18-12-17(21-22(18)7)15(5)8-9-16(6)20-11-10-19(23-20)14(3)4/h10-16H,8-9H2,1-7H3. The Labute approximate surface area is 141 Å². The lowest BCUT2D eigenvalue weighted by atomic mass is 9.94. The monoisotopic (exact) mass is 316 g/mol. The van der Waals surface area contributed by atoms with Gasteiger partial charge in [-0.25, -0.2) is 0 Å². The van der Waals surface area contributed by atoms with Crippen LogP contribution in [-0.2, 0) is 7.05 Å². The van der Waals surface area contributed by atoms with E-state index in [2.05, 4.69) is 59.7 Å². The lowest BCUT2D eigenvalue weighted by Gasteiger charge is -2.12. The summed E-state index contributed by atoms with van der Waals surface area (Å²) in [5.41, 5.74) is 2.53. The predicted octanol–water partition coefficient (Wildman–Crippen LogP) is 5.95. The maximum Gasteiger partial charge on any atom is 0.106 e. The van der Waals surface area contributed by atoms with Gasteiger partial charge in [-0.2, -0.15) is 5.10 Å². The zero-order chi connectivity index (χ0) is 17.1. The summed E-state index contributed by atoms with van der Waals surface area (Å²) in [4.78, 5) is 0. The topological polar surface area (TPSA) is 31.0 Å². The number of aryl methyl sites for hydroxylation is 1. The molecule has 2 heterocycles. The van der Waals surface area contributed by atoms with Gasteiger partial charge in [-0.05, 0) is 37.0 Å². The van der Waals surface area contributed by atoms with Crippen LogP contribution in [0.5, 0.6) is 0 Å². The van der Waals surface area contributed by atoms with Crippen LogP contribution in [0.15, 0.2) is 22.6 Å². The molecular formula is C20H32N2O. The molecular weight excluding hydrogens is 284 g/mol. The molecule has 2 atom stereocenters. The number of hydrogen-bond acceptors (Lipinski definition) is 2. The van der Waals surface area contributed by atoms with Gasteiger partial charge in [0, 0.05) is 30.5 Å². The normalized spacial score (nSPS) is 14.7. The van der Waals surface area contributed by atoms with E-state index in [-0.39, 0.29) is 0 Å². The highest BCUT2D eigenvalue weighted by Crippen LogP contribution is 2.30. The zero-order valence-electron chi connectivity index (χ0n) is 15.8. The predicted molar refractivity (Wildman–Crippen MR) is 96.2 cm³/mol. The first-order chi connectivity index (χ1) is 10.8. The summed E-state index contributed by atoms with van der Waals surface area (Å²) in [6, 6.07) is 6.53. The summed E-state index contributed by atoms with van der Waals surface area (Å²) < 4.78 is 8.01. The second-order valence-electron chi connectivity index (χ2n) is 7.55. The van der Waals surface area contributed by atoms with Gasteiger partial charge in [0.2, 0.25) is 0 Å². The van der Waals surface area contributed by atoms with Crippen LogP contribution in [-0.4, -0.2) is 9.78 Å². The van der Waals surface area contributed by atoms with Crippen LogP contribution in [0.3, 0.4) is 0 Å². The smallest absolute Gasteiger partial charge is 0.106 e. The van der Waals surface area contributed by atoms with Gasteiger partial charge in [-0.1, -0.05) is 41.5 Å². The molecule has 0 aliphatic heterocycles. The molecule has 0 saturated heterocycles. The van der Waals surface area contributed by atoms with Crippen LogP contribution in [0.1, 0.15) is 101 Å². The Morgan fingerprint density at radius 3 is 2.04 bits per heavy atom. The molecule has 0 N–H and O–H groups in total. The third kappa shape index (κ3) is 4.27. The fourth-order valence-electron chi connectivity index (χ4n) is 3.02. The molecule has 0 fully saturated rings. The third-order valence-electron chi connectivity index (χ3n) is 4.77. The Bertz CT molecular complexity index is 621. The average Bonchev–Trinajstić information content (AvgIpc) is 3.11. The summed E-state index contributed by atoms with van der Waals surface area (Å²) in [5.74, 6) is 4.12. The first kappa shape index (κ1) is 17.8. The van der Waals surface area contributed by atoms with Crippen LogP contribution < -0.4 is 0 Å². The maximum absolute atomic E-state index is 5.98. The number of hydrogen-bond donors (Lipinski definition) is 0. The molecule has 3 nitrogen and oxygen atoms in total. The number of rotatable bonds is 7. The van der Waals surface area contributed by atoms with Crippen molar-refractivity contribution >= 4 is 0 Å². The molecule has 0 aromatic carbocycles. The number of nitrogens with zero attached hydrogens (tertiary/aromatic N) is 2. The van der Waals surface area contributed by atoms with Crippen molar-refractivity contribution in [1.82, 2.24) is 9.78 Å². The molecule has 2 unspecified atom stereocenters. The summed E-state index contributed by atoms with van der Waals surface area (Å²) in [5, 5.41) is 4.70. The van der Waals surface area contributed by atoms with E-state index in [1.807, 2.05) is 11.7 Å². The molecule has 0 radical (unpaired) electrons. The average molecular weight is 316 g/mol. The minimum absolute atomic E-state index is 0.456. The van der Waals surface area contributed by atoms with Crippen molar-refractivity contribution in [3.63, 3.8) is 0 Å². The van der Waals surface area contributed by atoms with Crippen molar-refractivity contribution < 1.29 is 4.42 Å². The van der Waals surface area contributed by atoms with E-state index in [4.69, 9.17) is 9.52 Å². The molecule has 2 rings (SSSR count). The van der Waals surface area contributed by atoms with Gasteiger partial charge >= 0.3 is 0 Å². The first-order valence-corrected chi connectivity index (χ1v) is 8.93. The van der Waals surface area contributed by atoms with E-state index in [0.29, 0.717) is 23.7 Å². The largest absolute Gasteiger partial charge is 0.466 e. The Balaban J connectivity index is 1.95. The van der Waals surface area contributed by atoms with Crippen LogP contribution in [0.4, 0.5) is 0 Å². The van der Waals surface area contributed by atoms with E-state index in [1.165, 1.54) is 11.4 Å². The molecule has 0 aliphatic carbocycles. The van der Waals surface area contributed by atoms with Crippen molar-refractivity contribution in [3.05, 3.63) is 41.1 Å². The molecule has 0 aliphatic rings. The Morgan fingerprint density at radius 1 is 0.913 bits per heavy atom. The molecule has 0 saturated carbocycles. The quantitative estimate of drug-likeness (QED) is 0.632. The van der Waals surface area contributed by atoms with Gasteiger partial charge in [0.05, 0.1) is 5.69 Å². The van der Waals surface area contributed by atoms with Crippen LogP contribution in [0.25, 0.3) is 0 Å². The van der Waals surface area contributed by atoms with E-state index < -0.39 is 0 Å². The van der Waals surface area contributed by atoms with Gasteiger partial charge in [0.1, 0.15) is 11.5 Å². The van der Waals surface area contributed by atoms with Gasteiger partial charge in [-0.15, -0.1) is 0 Å². The van der Waals surface area contributed by atoms with Crippen molar-refractivity contribution in [1.29, 1.82) is 0 Å². The lowest BCUT2D eigenvalue weighted by molar-refractivity contribution is 0.408. The summed E-state index contributed by atoms with van der Waals surface area (Å²) >= 11 is 0. The molecule has 2 aromatic heterocycles. The fraction of sp³-hybridized carbons (Fsp3) is 0.650. The van der Waals surface area contributed by atoms with Gasteiger partial charge in [0.15, 0.2) is 0 Å². The van der Waals surface area contributed by atoms with Crippen molar-refractivity contribution in [3.8, 4) is 0 Å². The van der Waals surface area contributed by atoms with Crippen molar-refractivity contribution in [2.24, 2.45) is 7.05 Å². The summed E-state index contributed by atoms with van der Waals surface area (Å²) in [6.07, 6.45) is 2.26. The minimum Gasteiger partial charge on any atom is -0.466 e. The van der Waals surface area contributed by atoms with Gasteiger partial charge in [0.25, 0.3) is 0 Å². The number of aromatic nitrogens is 2. The van der Waals surface area contributed by atoms with Crippen LogP contribution in [0, 0.1) is 0 Å². The van der Waals surface area contributed by atoms with Crippen LogP contribution >= 0.6 is 0 Å². The van der Waals surface area contributed by atoms with Crippen LogP contribution in [0.2, 0.25) is 0 Å². The van der Waals surface area contributed by atoms with Crippen molar-refractivity contribution in [2.45, 2.75) is 78.1 Å². The Kier molecular flexibility index (Phi) is 5.72. The highest BCUT2D eigenvalue weighted by molar-refractivity contribution is 5.17. The fourth-order valence-corrected chi connectivity index (χ4v) is 3.02. The van der Waals surface area contributed by atoms with E-state index in [1.54, 1.807) is 0 Å². The van der Waals surface area contributed by atoms with E-state index in [0.717, 1.165) is 24.4 Å². The molecule has 128 valence electrons. The van der Waals surface area contributed by atoms with Gasteiger partial charge < -0.3 is 4.42 Å². The Hall–Kier alpha value is -1.51. The lowest BCUT2D eigenvalue weighted by Crippen LogP contribution is -2.01. The molecule has 0 bridgehead atoms. The molecule has 0 spiro atoms. The molecule has 23 heavy (non-hydrogen) atoms. The van der Waals surface area contributed by atoms with Gasteiger partial charge in [-0.3, -0.25) is 4.68 Å². The minimum atomic E-state index is 0.456. The van der Waals surface area contributed by atoms with E-state index in [9.17, 15) is 0 Å². The highest BCUT2D eigenvalue weighted by atomic mass is 16.3. The second kappa shape index (κ2) is 7.37. The number of furan rings is 1. The van der Waals surface area contributed by atoms with Crippen molar-refractivity contribution in [2.75, 3.05) is 0 Å². The maximum atomic E-state index is 5.98. The molecule has 3 heteroatoms. The zero-order valence-corrected chi connectivity index (χ0v) is 15.8. The van der Waals surface area contributed by atoms with E-state index >= 15 is 0 Å². The SMILES string of the molecule is CC(C)c1ccc(C(C)CCC(C)c2cc(C(C)C)n(C)n2)o1. The molecule has 2 aromatic rings. The highest BCUT2D eigenvalue weighted by Gasteiger charge is 2.17. The second-order valence-corrected chi connectivity index (χ2v) is 7.55. The summed E-state index contributed by atoms with van der Waals surface area (Å²) in [7, 11) is 2.05. The third-order valence-corrected chi connectivity index (χ3v) is 4.77. The molecule has 0 amide bonds. The Morgan fingerprint density at radius 2 is 1.52 bits per heavy atom. The first-order valence-electron chi connectivity index (χ1n) is 8.93. The summed E-state index contributed by atoms with van der Waals surface area (Å²) in [6.45, 7) is 13.3.